The quantitative estimate of drug-likeness (QED) is 0.881. The van der Waals surface area contributed by atoms with Crippen molar-refractivity contribution >= 4 is 11.9 Å². The van der Waals surface area contributed by atoms with Crippen LogP contribution in [0, 0.1) is 0 Å². The van der Waals surface area contributed by atoms with E-state index in [2.05, 4.69) is 5.10 Å². The Bertz CT molecular complexity index is 492. The first-order valence-electron chi connectivity index (χ1n) is 6.62. The minimum atomic E-state index is -0.979. The van der Waals surface area contributed by atoms with Gasteiger partial charge in [0.2, 0.25) is 0 Å². The Morgan fingerprint density at radius 1 is 1.45 bits per heavy atom. The molecule has 1 aromatic rings. The molecule has 0 aliphatic carbocycles. The summed E-state index contributed by atoms with van der Waals surface area (Å²) in [6.45, 7) is 2.82. The number of amides is 1. The number of aliphatic carboxylic acids is 1. The summed E-state index contributed by atoms with van der Waals surface area (Å²) in [5, 5.41) is 12.9. The molecular weight excluding hydrogens is 262 g/mol. The lowest BCUT2D eigenvalue weighted by molar-refractivity contribution is -0.140. The standard InChI is InChI=1S/C13H19N3O4/c1-9(13(18)19)16-8-10(7-14-16)12(17)15-5-3-11(20-2)4-6-15/h7-9,11H,3-6H2,1-2H3,(H,18,19). The zero-order chi connectivity index (χ0) is 14.7. The van der Waals surface area contributed by atoms with Crippen molar-refractivity contribution in [3.63, 3.8) is 0 Å². The van der Waals surface area contributed by atoms with E-state index >= 15 is 0 Å². The van der Waals surface area contributed by atoms with Crippen LogP contribution in [-0.4, -0.2) is 58.0 Å². The van der Waals surface area contributed by atoms with Crippen molar-refractivity contribution in [2.24, 2.45) is 0 Å². The zero-order valence-electron chi connectivity index (χ0n) is 11.7. The van der Waals surface area contributed by atoms with Crippen molar-refractivity contribution in [3.8, 4) is 0 Å². The van der Waals surface area contributed by atoms with E-state index in [-0.39, 0.29) is 12.0 Å². The molecule has 0 radical (unpaired) electrons. The first-order valence-corrected chi connectivity index (χ1v) is 6.62. The lowest BCUT2D eigenvalue weighted by Gasteiger charge is -2.30. The average molecular weight is 281 g/mol. The number of ether oxygens (including phenoxy) is 1. The molecule has 0 aromatic carbocycles. The van der Waals surface area contributed by atoms with Gasteiger partial charge in [0.15, 0.2) is 0 Å². The Balaban J connectivity index is 2.01. The number of carbonyl (C=O) groups excluding carboxylic acids is 1. The van der Waals surface area contributed by atoms with Crippen LogP contribution in [0.15, 0.2) is 12.4 Å². The number of carbonyl (C=O) groups is 2. The Morgan fingerprint density at radius 2 is 2.10 bits per heavy atom. The third-order valence-electron chi connectivity index (χ3n) is 3.67. The normalized spacial score (nSPS) is 18.0. The second-order valence-electron chi connectivity index (χ2n) is 4.95. The van der Waals surface area contributed by atoms with Crippen molar-refractivity contribution in [1.82, 2.24) is 14.7 Å². The SMILES string of the molecule is COC1CCN(C(=O)c2cnn(C(C)C(=O)O)c2)CC1. The van der Waals surface area contributed by atoms with Gasteiger partial charge in [-0.3, -0.25) is 9.48 Å². The second kappa shape index (κ2) is 6.04. The fraction of sp³-hybridized carbons (Fsp3) is 0.615. The Labute approximate surface area is 117 Å². The molecule has 7 heteroatoms. The van der Waals surface area contributed by atoms with Gasteiger partial charge in [0, 0.05) is 26.4 Å². The van der Waals surface area contributed by atoms with Crippen LogP contribution in [0.5, 0.6) is 0 Å². The van der Waals surface area contributed by atoms with Gasteiger partial charge in [0.1, 0.15) is 6.04 Å². The molecule has 2 rings (SSSR count). The molecule has 0 saturated carbocycles. The van der Waals surface area contributed by atoms with E-state index in [9.17, 15) is 9.59 Å². The van der Waals surface area contributed by atoms with Crippen LogP contribution in [0.4, 0.5) is 0 Å². The second-order valence-corrected chi connectivity index (χ2v) is 4.95. The molecule has 1 saturated heterocycles. The third-order valence-corrected chi connectivity index (χ3v) is 3.67. The van der Waals surface area contributed by atoms with Gasteiger partial charge in [-0.05, 0) is 19.8 Å². The predicted molar refractivity (Wildman–Crippen MR) is 70.5 cm³/mol. The van der Waals surface area contributed by atoms with Crippen LogP contribution < -0.4 is 0 Å². The monoisotopic (exact) mass is 281 g/mol. The van der Waals surface area contributed by atoms with Gasteiger partial charge >= 0.3 is 5.97 Å². The molecule has 1 aromatic heterocycles. The number of carboxylic acid groups (broad SMARTS) is 1. The smallest absolute Gasteiger partial charge is 0.328 e. The molecule has 1 N–H and O–H groups in total. The summed E-state index contributed by atoms with van der Waals surface area (Å²) < 4.78 is 6.56. The van der Waals surface area contributed by atoms with Crippen molar-refractivity contribution < 1.29 is 19.4 Å². The van der Waals surface area contributed by atoms with E-state index in [1.807, 2.05) is 0 Å². The van der Waals surface area contributed by atoms with Gasteiger partial charge in [-0.15, -0.1) is 0 Å². The lowest BCUT2D eigenvalue weighted by Crippen LogP contribution is -2.40. The van der Waals surface area contributed by atoms with E-state index in [4.69, 9.17) is 9.84 Å². The van der Waals surface area contributed by atoms with Crippen LogP contribution in [0.1, 0.15) is 36.2 Å². The maximum atomic E-state index is 12.3. The van der Waals surface area contributed by atoms with Gasteiger partial charge in [0.05, 0.1) is 17.9 Å². The molecule has 1 unspecified atom stereocenters. The summed E-state index contributed by atoms with van der Waals surface area (Å²) in [6, 6.07) is -0.782. The highest BCUT2D eigenvalue weighted by molar-refractivity contribution is 5.93. The first-order chi connectivity index (χ1) is 9.52. The number of hydrogen-bond acceptors (Lipinski definition) is 4. The third kappa shape index (κ3) is 2.98. The van der Waals surface area contributed by atoms with Crippen LogP contribution in [0.2, 0.25) is 0 Å². The number of likely N-dealkylation sites (tertiary alicyclic amines) is 1. The molecule has 0 bridgehead atoms. The number of piperidine rings is 1. The van der Waals surface area contributed by atoms with Gasteiger partial charge in [-0.1, -0.05) is 0 Å². The fourth-order valence-electron chi connectivity index (χ4n) is 2.25. The molecule has 1 fully saturated rings. The highest BCUT2D eigenvalue weighted by Gasteiger charge is 2.25. The molecule has 110 valence electrons. The molecule has 1 atom stereocenters. The molecular formula is C13H19N3O4. The topological polar surface area (TPSA) is 84.7 Å². The first kappa shape index (κ1) is 14.5. The zero-order valence-corrected chi connectivity index (χ0v) is 11.7. The van der Waals surface area contributed by atoms with Gasteiger partial charge in [0.25, 0.3) is 5.91 Å². The maximum Gasteiger partial charge on any atom is 0.328 e. The molecule has 1 aliphatic heterocycles. The lowest BCUT2D eigenvalue weighted by atomic mass is 10.1. The Hall–Kier alpha value is -1.89. The van der Waals surface area contributed by atoms with Crippen molar-refractivity contribution in [3.05, 3.63) is 18.0 Å². The van der Waals surface area contributed by atoms with Crippen LogP contribution in [0.3, 0.4) is 0 Å². The number of hydrogen-bond donors (Lipinski definition) is 1. The number of aromatic nitrogens is 2. The van der Waals surface area contributed by atoms with Crippen molar-refractivity contribution in [2.75, 3.05) is 20.2 Å². The van der Waals surface area contributed by atoms with Crippen LogP contribution in [0.25, 0.3) is 0 Å². The summed E-state index contributed by atoms with van der Waals surface area (Å²) in [7, 11) is 1.68. The highest BCUT2D eigenvalue weighted by atomic mass is 16.5. The fourth-order valence-corrected chi connectivity index (χ4v) is 2.25. The minimum Gasteiger partial charge on any atom is -0.480 e. The number of carboxylic acids is 1. The molecule has 0 spiro atoms. The molecule has 1 amide bonds. The number of nitrogens with zero attached hydrogens (tertiary/aromatic N) is 3. The maximum absolute atomic E-state index is 12.3. The van der Waals surface area contributed by atoms with Crippen molar-refractivity contribution in [2.45, 2.75) is 31.9 Å². The molecule has 20 heavy (non-hydrogen) atoms. The number of methoxy groups -OCH3 is 1. The molecule has 2 heterocycles. The average Bonchev–Trinajstić information content (AvgIpc) is 2.95. The largest absolute Gasteiger partial charge is 0.480 e. The summed E-state index contributed by atoms with van der Waals surface area (Å²) in [6.07, 6.45) is 4.77. The number of rotatable bonds is 4. The Kier molecular flexibility index (Phi) is 4.39. The predicted octanol–water partition coefficient (Wildman–Crippen LogP) is 0.780. The summed E-state index contributed by atoms with van der Waals surface area (Å²) in [5.74, 6) is -1.09. The van der Waals surface area contributed by atoms with E-state index in [1.165, 1.54) is 24.0 Å². The van der Waals surface area contributed by atoms with Crippen molar-refractivity contribution in [1.29, 1.82) is 0 Å². The summed E-state index contributed by atoms with van der Waals surface area (Å²) >= 11 is 0. The van der Waals surface area contributed by atoms with Gasteiger partial charge < -0.3 is 14.7 Å². The summed E-state index contributed by atoms with van der Waals surface area (Å²) in [4.78, 5) is 24.9. The van der Waals surface area contributed by atoms with E-state index in [0.717, 1.165) is 12.8 Å². The van der Waals surface area contributed by atoms with E-state index in [0.29, 0.717) is 18.7 Å². The van der Waals surface area contributed by atoms with Gasteiger partial charge in [-0.25, -0.2) is 4.79 Å². The Morgan fingerprint density at radius 3 is 2.65 bits per heavy atom. The van der Waals surface area contributed by atoms with Gasteiger partial charge in [-0.2, -0.15) is 5.10 Å². The van der Waals surface area contributed by atoms with Crippen LogP contribution in [-0.2, 0) is 9.53 Å². The van der Waals surface area contributed by atoms with Crippen LogP contribution >= 0.6 is 0 Å². The van der Waals surface area contributed by atoms with E-state index < -0.39 is 12.0 Å². The van der Waals surface area contributed by atoms with E-state index in [1.54, 1.807) is 12.0 Å². The molecule has 7 nitrogen and oxygen atoms in total. The molecule has 1 aliphatic rings. The highest BCUT2D eigenvalue weighted by Crippen LogP contribution is 2.16. The summed E-state index contributed by atoms with van der Waals surface area (Å²) in [5.41, 5.74) is 0.425. The minimum absolute atomic E-state index is 0.108.